The third-order valence-corrected chi connectivity index (χ3v) is 3.70. The molecule has 0 aromatic heterocycles. The molecular weight excluding hydrogens is 307 g/mol. The predicted molar refractivity (Wildman–Crippen MR) is 89.8 cm³/mol. The number of rotatable bonds is 4. The maximum Gasteiger partial charge on any atom is 0.257 e. The van der Waals surface area contributed by atoms with E-state index in [4.69, 9.17) is 23.2 Å². The van der Waals surface area contributed by atoms with Gasteiger partial charge in [-0.25, -0.2) is 0 Å². The molecule has 3 nitrogen and oxygen atoms in total. The Hall–Kier alpha value is -1.71. The van der Waals surface area contributed by atoms with Gasteiger partial charge in [-0.15, -0.1) is 0 Å². The van der Waals surface area contributed by atoms with Crippen LogP contribution in [0.2, 0.25) is 10.0 Å². The molecule has 0 bridgehead atoms. The maximum atomic E-state index is 12.4. The van der Waals surface area contributed by atoms with Crippen LogP contribution in [-0.4, -0.2) is 12.5 Å². The first-order valence-electron chi connectivity index (χ1n) is 6.62. The molecule has 2 aromatic rings. The topological polar surface area (TPSA) is 41.1 Å². The zero-order chi connectivity index (χ0) is 15.4. The number of aryl methyl sites for hydroxylation is 1. The third-order valence-electron chi connectivity index (χ3n) is 2.96. The van der Waals surface area contributed by atoms with E-state index in [0.717, 1.165) is 17.8 Å². The van der Waals surface area contributed by atoms with Gasteiger partial charge in [0.25, 0.3) is 5.91 Å². The van der Waals surface area contributed by atoms with Gasteiger partial charge in [-0.05, 0) is 49.7 Å². The molecule has 0 saturated heterocycles. The summed E-state index contributed by atoms with van der Waals surface area (Å²) >= 11 is 11.8. The fraction of sp³-hybridized carbons (Fsp3) is 0.188. The predicted octanol–water partition coefficient (Wildman–Crippen LogP) is 4.99. The van der Waals surface area contributed by atoms with Crippen LogP contribution in [-0.2, 0) is 0 Å². The fourth-order valence-corrected chi connectivity index (χ4v) is 2.26. The lowest BCUT2D eigenvalue weighted by atomic mass is 10.1. The minimum Gasteiger partial charge on any atom is -0.385 e. The van der Waals surface area contributed by atoms with Gasteiger partial charge in [0.2, 0.25) is 0 Å². The Bertz CT molecular complexity index is 671. The first kappa shape index (κ1) is 15.7. The number of benzene rings is 2. The number of carbonyl (C=O) groups is 1. The van der Waals surface area contributed by atoms with Crippen molar-refractivity contribution in [1.29, 1.82) is 0 Å². The average molecular weight is 323 g/mol. The van der Waals surface area contributed by atoms with Crippen LogP contribution in [0.15, 0.2) is 36.4 Å². The van der Waals surface area contributed by atoms with Gasteiger partial charge < -0.3 is 10.6 Å². The first-order valence-corrected chi connectivity index (χ1v) is 7.37. The molecular formula is C16H16Cl2N2O. The largest absolute Gasteiger partial charge is 0.385 e. The molecule has 0 atom stereocenters. The van der Waals surface area contributed by atoms with Gasteiger partial charge in [0.05, 0.1) is 15.6 Å². The van der Waals surface area contributed by atoms with Crippen molar-refractivity contribution in [3.05, 3.63) is 57.6 Å². The molecule has 0 fully saturated rings. The summed E-state index contributed by atoms with van der Waals surface area (Å²) in [5.74, 6) is -0.190. The fourth-order valence-electron chi connectivity index (χ4n) is 1.97. The number of carbonyl (C=O) groups excluding carboxylic acids is 1. The summed E-state index contributed by atoms with van der Waals surface area (Å²) in [6.45, 7) is 4.72. The smallest absolute Gasteiger partial charge is 0.257 e. The molecule has 0 radical (unpaired) electrons. The number of nitrogens with one attached hydrogen (secondary N) is 2. The molecule has 2 rings (SSSR count). The van der Waals surface area contributed by atoms with Crippen LogP contribution < -0.4 is 10.6 Å². The standard InChI is InChI=1S/C16H16Cl2N2O/c1-3-19-15-8-10(2)4-6-12(15)16(21)20-11-5-7-13(17)14(18)9-11/h4-9,19H,3H2,1-2H3,(H,20,21). The molecule has 0 aliphatic heterocycles. The highest BCUT2D eigenvalue weighted by Gasteiger charge is 2.12. The van der Waals surface area contributed by atoms with E-state index >= 15 is 0 Å². The van der Waals surface area contributed by atoms with Gasteiger partial charge >= 0.3 is 0 Å². The molecule has 0 spiro atoms. The lowest BCUT2D eigenvalue weighted by Crippen LogP contribution is -2.15. The molecule has 0 aliphatic carbocycles. The van der Waals surface area contributed by atoms with Crippen molar-refractivity contribution in [3.63, 3.8) is 0 Å². The van der Waals surface area contributed by atoms with Crippen molar-refractivity contribution in [1.82, 2.24) is 0 Å². The first-order chi connectivity index (χ1) is 10.0. The van der Waals surface area contributed by atoms with E-state index in [0.29, 0.717) is 21.3 Å². The molecule has 1 amide bonds. The molecule has 5 heteroatoms. The van der Waals surface area contributed by atoms with E-state index in [-0.39, 0.29) is 5.91 Å². The van der Waals surface area contributed by atoms with Crippen molar-refractivity contribution in [2.24, 2.45) is 0 Å². The summed E-state index contributed by atoms with van der Waals surface area (Å²) in [4.78, 5) is 12.4. The Morgan fingerprint density at radius 2 is 1.86 bits per heavy atom. The molecule has 110 valence electrons. The summed E-state index contributed by atoms with van der Waals surface area (Å²) in [6, 6.07) is 10.7. The zero-order valence-corrected chi connectivity index (χ0v) is 13.3. The van der Waals surface area contributed by atoms with Crippen LogP contribution in [0.25, 0.3) is 0 Å². The zero-order valence-electron chi connectivity index (χ0n) is 11.8. The number of hydrogen-bond acceptors (Lipinski definition) is 2. The second kappa shape index (κ2) is 6.83. The van der Waals surface area contributed by atoms with E-state index in [9.17, 15) is 4.79 Å². The maximum absolute atomic E-state index is 12.4. The highest BCUT2D eigenvalue weighted by atomic mass is 35.5. The molecule has 2 N–H and O–H groups in total. The summed E-state index contributed by atoms with van der Waals surface area (Å²) < 4.78 is 0. The van der Waals surface area contributed by atoms with Gasteiger partial charge in [-0.3, -0.25) is 4.79 Å². The van der Waals surface area contributed by atoms with Crippen LogP contribution in [0.3, 0.4) is 0 Å². The second-order valence-corrected chi connectivity index (χ2v) is 5.48. The summed E-state index contributed by atoms with van der Waals surface area (Å²) in [5.41, 5.74) is 3.11. The minimum atomic E-state index is -0.190. The van der Waals surface area contributed by atoms with E-state index < -0.39 is 0 Å². The van der Waals surface area contributed by atoms with Gasteiger partial charge in [-0.2, -0.15) is 0 Å². The minimum absolute atomic E-state index is 0.190. The van der Waals surface area contributed by atoms with Gasteiger partial charge in [0, 0.05) is 17.9 Å². The van der Waals surface area contributed by atoms with Crippen molar-refractivity contribution in [2.75, 3.05) is 17.2 Å². The molecule has 0 saturated carbocycles. The van der Waals surface area contributed by atoms with E-state index in [1.807, 2.05) is 26.0 Å². The quantitative estimate of drug-likeness (QED) is 0.832. The molecule has 21 heavy (non-hydrogen) atoms. The van der Waals surface area contributed by atoms with Crippen molar-refractivity contribution < 1.29 is 4.79 Å². The summed E-state index contributed by atoms with van der Waals surface area (Å²) in [5, 5.41) is 6.88. The average Bonchev–Trinajstić information content (AvgIpc) is 2.43. The number of anilines is 2. The molecule has 0 heterocycles. The van der Waals surface area contributed by atoms with Crippen LogP contribution in [0.5, 0.6) is 0 Å². The monoisotopic (exact) mass is 322 g/mol. The Morgan fingerprint density at radius 3 is 2.52 bits per heavy atom. The highest BCUT2D eigenvalue weighted by Crippen LogP contribution is 2.26. The van der Waals surface area contributed by atoms with E-state index in [1.165, 1.54) is 0 Å². The van der Waals surface area contributed by atoms with Gasteiger partial charge in [0.1, 0.15) is 0 Å². The van der Waals surface area contributed by atoms with Crippen molar-refractivity contribution >= 4 is 40.5 Å². The van der Waals surface area contributed by atoms with Crippen LogP contribution in [0.4, 0.5) is 11.4 Å². The highest BCUT2D eigenvalue weighted by molar-refractivity contribution is 6.42. The van der Waals surface area contributed by atoms with Crippen molar-refractivity contribution in [3.8, 4) is 0 Å². The number of amides is 1. The van der Waals surface area contributed by atoms with Gasteiger partial charge in [-0.1, -0.05) is 29.3 Å². The Labute approximate surface area is 134 Å². The van der Waals surface area contributed by atoms with E-state index in [1.54, 1.807) is 24.3 Å². The second-order valence-electron chi connectivity index (χ2n) is 4.66. The lowest BCUT2D eigenvalue weighted by Gasteiger charge is -2.12. The normalized spacial score (nSPS) is 10.3. The Morgan fingerprint density at radius 1 is 1.10 bits per heavy atom. The number of halogens is 2. The summed E-state index contributed by atoms with van der Waals surface area (Å²) in [7, 11) is 0. The van der Waals surface area contributed by atoms with Crippen molar-refractivity contribution in [2.45, 2.75) is 13.8 Å². The van der Waals surface area contributed by atoms with E-state index in [2.05, 4.69) is 10.6 Å². The summed E-state index contributed by atoms with van der Waals surface area (Å²) in [6.07, 6.45) is 0. The lowest BCUT2D eigenvalue weighted by molar-refractivity contribution is 0.102. The van der Waals surface area contributed by atoms with Crippen LogP contribution in [0.1, 0.15) is 22.8 Å². The van der Waals surface area contributed by atoms with Crippen LogP contribution in [0, 0.1) is 6.92 Å². The Kier molecular flexibility index (Phi) is 5.10. The molecule has 2 aromatic carbocycles. The SMILES string of the molecule is CCNc1cc(C)ccc1C(=O)Nc1ccc(Cl)c(Cl)c1. The van der Waals surface area contributed by atoms with Crippen LogP contribution >= 0.6 is 23.2 Å². The molecule has 0 unspecified atom stereocenters. The third kappa shape index (κ3) is 3.90. The van der Waals surface area contributed by atoms with Gasteiger partial charge in [0.15, 0.2) is 0 Å². The Balaban J connectivity index is 2.25. The number of hydrogen-bond donors (Lipinski definition) is 2. The molecule has 0 aliphatic rings.